The Kier molecular flexibility index (Phi) is 4.94. The molecule has 0 radical (unpaired) electrons. The highest BCUT2D eigenvalue weighted by atomic mass is 19.1. The Hall–Kier alpha value is -3.25. The van der Waals surface area contributed by atoms with Crippen molar-refractivity contribution in [3.05, 3.63) is 83.9 Å². The van der Waals surface area contributed by atoms with Crippen LogP contribution in [0.5, 0.6) is 0 Å². The molecule has 0 spiro atoms. The number of aromatic nitrogens is 1. The summed E-state index contributed by atoms with van der Waals surface area (Å²) in [5, 5.41) is 10.1. The molecule has 5 rings (SSSR count). The van der Waals surface area contributed by atoms with Gasteiger partial charge in [0.2, 0.25) is 0 Å². The van der Waals surface area contributed by atoms with Crippen LogP contribution in [0, 0.1) is 11.7 Å². The number of halogens is 1. The van der Waals surface area contributed by atoms with Crippen LogP contribution in [-0.2, 0) is 0 Å². The van der Waals surface area contributed by atoms with Gasteiger partial charge in [-0.25, -0.2) is 4.39 Å². The number of likely N-dealkylation sites (tertiary alicyclic amines) is 1. The summed E-state index contributed by atoms with van der Waals surface area (Å²) in [6.07, 6.45) is 2.42. The van der Waals surface area contributed by atoms with Crippen LogP contribution >= 0.6 is 0 Å². The van der Waals surface area contributed by atoms with Crippen molar-refractivity contribution in [3.8, 4) is 11.1 Å². The van der Waals surface area contributed by atoms with E-state index in [-0.39, 0.29) is 36.3 Å². The lowest BCUT2D eigenvalue weighted by Crippen LogP contribution is -2.48. The highest BCUT2D eigenvalue weighted by molar-refractivity contribution is 5.93. The summed E-state index contributed by atoms with van der Waals surface area (Å²) < 4.78 is 14.5. The molecular weight excluding hydrogens is 393 g/mol. The number of likely N-dealkylation sites (N-methyl/N-ethyl adjacent to an activating group) is 1. The first kappa shape index (κ1) is 19.7. The number of amides is 1. The highest BCUT2D eigenvalue weighted by Crippen LogP contribution is 2.49. The van der Waals surface area contributed by atoms with Gasteiger partial charge in [-0.1, -0.05) is 30.3 Å². The van der Waals surface area contributed by atoms with Crippen LogP contribution in [0.2, 0.25) is 0 Å². The summed E-state index contributed by atoms with van der Waals surface area (Å²) in [5.41, 5.74) is 3.67. The van der Waals surface area contributed by atoms with Crippen molar-refractivity contribution in [1.82, 2.24) is 9.88 Å². The molecular formula is C25H24FN3O2. The van der Waals surface area contributed by atoms with Gasteiger partial charge in [0, 0.05) is 37.0 Å². The number of hydrogen-bond donors (Lipinski definition) is 1. The normalized spacial score (nSPS) is 22.2. The van der Waals surface area contributed by atoms with Crippen molar-refractivity contribution in [2.45, 2.75) is 18.5 Å². The van der Waals surface area contributed by atoms with E-state index in [1.807, 2.05) is 42.3 Å². The van der Waals surface area contributed by atoms with E-state index < -0.39 is 0 Å². The highest BCUT2D eigenvalue weighted by Gasteiger charge is 2.48. The monoisotopic (exact) mass is 417 g/mol. The summed E-state index contributed by atoms with van der Waals surface area (Å²) in [6.45, 7) is 0.607. The van der Waals surface area contributed by atoms with Crippen molar-refractivity contribution in [2.24, 2.45) is 5.92 Å². The van der Waals surface area contributed by atoms with E-state index in [0.29, 0.717) is 17.8 Å². The second-order valence-electron chi connectivity index (χ2n) is 8.23. The quantitative estimate of drug-likeness (QED) is 0.702. The average Bonchev–Trinajstić information content (AvgIpc) is 3.24. The van der Waals surface area contributed by atoms with E-state index in [9.17, 15) is 14.3 Å². The van der Waals surface area contributed by atoms with E-state index in [1.165, 1.54) is 6.07 Å². The molecule has 158 valence electrons. The van der Waals surface area contributed by atoms with E-state index in [4.69, 9.17) is 0 Å². The topological polar surface area (TPSA) is 56.7 Å². The summed E-state index contributed by atoms with van der Waals surface area (Å²) in [4.78, 5) is 21.5. The molecule has 2 aliphatic heterocycles. The average molecular weight is 417 g/mol. The van der Waals surface area contributed by atoms with Gasteiger partial charge in [0.05, 0.1) is 18.7 Å². The number of aliphatic hydroxyl groups excluding tert-OH is 1. The number of rotatable bonds is 3. The maximum Gasteiger partial charge on any atom is 0.272 e. The van der Waals surface area contributed by atoms with E-state index in [2.05, 4.69) is 9.88 Å². The first-order valence-electron chi connectivity index (χ1n) is 10.5. The van der Waals surface area contributed by atoms with Crippen LogP contribution in [0.3, 0.4) is 0 Å². The molecule has 3 aromatic rings. The fourth-order valence-electron chi connectivity index (χ4n) is 5.18. The zero-order chi connectivity index (χ0) is 21.5. The predicted octanol–water partition coefficient (Wildman–Crippen LogP) is 3.90. The number of benzene rings is 2. The van der Waals surface area contributed by atoms with Crippen LogP contribution in [0.1, 0.15) is 28.5 Å². The fourth-order valence-corrected chi connectivity index (χ4v) is 5.18. The largest absolute Gasteiger partial charge is 0.394 e. The number of pyridine rings is 1. The molecule has 0 bridgehead atoms. The molecule has 2 aromatic carbocycles. The van der Waals surface area contributed by atoms with Gasteiger partial charge in [0.1, 0.15) is 11.5 Å². The Labute approximate surface area is 180 Å². The van der Waals surface area contributed by atoms with Crippen LogP contribution in [0.4, 0.5) is 10.1 Å². The fraction of sp³-hybridized carbons (Fsp3) is 0.280. The number of hydrogen-bond acceptors (Lipinski definition) is 4. The van der Waals surface area contributed by atoms with Gasteiger partial charge in [-0.15, -0.1) is 0 Å². The molecule has 6 heteroatoms. The number of aliphatic hydroxyl groups is 1. The zero-order valence-electron chi connectivity index (χ0n) is 17.3. The molecule has 2 aliphatic rings. The van der Waals surface area contributed by atoms with Gasteiger partial charge in [0.25, 0.3) is 5.91 Å². The number of carbonyl (C=O) groups is 1. The Morgan fingerprint density at radius 1 is 1.16 bits per heavy atom. The van der Waals surface area contributed by atoms with Gasteiger partial charge in [-0.3, -0.25) is 9.78 Å². The standard InChI is InChI=1S/C25H24FN3O2/c1-28-22-10-9-16(17-6-2-3-7-20(17)26)14-19(22)24-18(23(28)15-30)11-13-29(24)25(31)21-8-4-5-12-27-21/h2-10,12,14,18,23-24,30H,11,13,15H2,1H3/t18-,23-,24-/m1/s1. The molecule has 3 heterocycles. The number of fused-ring (bicyclic) bond motifs is 3. The van der Waals surface area contributed by atoms with Crippen LogP contribution < -0.4 is 4.90 Å². The molecule has 3 atom stereocenters. The predicted molar refractivity (Wildman–Crippen MR) is 117 cm³/mol. The lowest BCUT2D eigenvalue weighted by atomic mass is 9.81. The molecule has 1 N–H and O–H groups in total. The van der Waals surface area contributed by atoms with Gasteiger partial charge in [-0.05, 0) is 47.9 Å². The summed E-state index contributed by atoms with van der Waals surface area (Å²) in [6, 6.07) is 17.6. The van der Waals surface area contributed by atoms with E-state index >= 15 is 0 Å². The first-order valence-corrected chi connectivity index (χ1v) is 10.5. The minimum absolute atomic E-state index is 0.0117. The van der Waals surface area contributed by atoms with Gasteiger partial charge < -0.3 is 14.9 Å². The summed E-state index contributed by atoms with van der Waals surface area (Å²) in [5.74, 6) is -0.299. The second kappa shape index (κ2) is 7.78. The smallest absolute Gasteiger partial charge is 0.272 e. The molecule has 1 amide bonds. The molecule has 0 unspecified atom stereocenters. The van der Waals surface area contributed by atoms with Crippen molar-refractivity contribution >= 4 is 11.6 Å². The van der Waals surface area contributed by atoms with Gasteiger partial charge in [-0.2, -0.15) is 0 Å². The third-order valence-electron chi connectivity index (χ3n) is 6.68. The lowest BCUT2D eigenvalue weighted by Gasteiger charge is -2.44. The van der Waals surface area contributed by atoms with E-state index in [1.54, 1.807) is 30.5 Å². The minimum atomic E-state index is -0.274. The molecule has 0 saturated carbocycles. The molecule has 1 fully saturated rings. The van der Waals surface area contributed by atoms with Gasteiger partial charge in [0.15, 0.2) is 0 Å². The number of nitrogens with zero attached hydrogens (tertiary/aromatic N) is 3. The zero-order valence-corrected chi connectivity index (χ0v) is 17.3. The Bertz CT molecular complexity index is 1120. The van der Waals surface area contributed by atoms with Crippen LogP contribution in [-0.4, -0.2) is 47.1 Å². The SMILES string of the molecule is CN1c2ccc(-c3ccccc3F)cc2[C@H]2[C@H](CCN2C(=O)c2ccccn2)[C@H]1CO. The van der Waals surface area contributed by atoms with Crippen molar-refractivity contribution in [1.29, 1.82) is 0 Å². The molecule has 31 heavy (non-hydrogen) atoms. The first-order chi connectivity index (χ1) is 15.1. The maximum absolute atomic E-state index is 14.5. The Morgan fingerprint density at radius 2 is 1.97 bits per heavy atom. The van der Waals surface area contributed by atoms with Crippen molar-refractivity contribution in [2.75, 3.05) is 25.1 Å². The number of anilines is 1. The third-order valence-corrected chi connectivity index (χ3v) is 6.68. The summed E-state index contributed by atoms with van der Waals surface area (Å²) >= 11 is 0. The van der Waals surface area contributed by atoms with Gasteiger partial charge >= 0.3 is 0 Å². The Balaban J connectivity index is 1.63. The van der Waals surface area contributed by atoms with E-state index in [0.717, 1.165) is 23.2 Å². The number of carbonyl (C=O) groups excluding carboxylic acids is 1. The lowest BCUT2D eigenvalue weighted by molar-refractivity contribution is 0.0688. The minimum Gasteiger partial charge on any atom is -0.394 e. The van der Waals surface area contributed by atoms with Crippen molar-refractivity contribution < 1.29 is 14.3 Å². The molecule has 1 aromatic heterocycles. The summed E-state index contributed by atoms with van der Waals surface area (Å²) in [7, 11) is 1.97. The molecule has 1 saturated heterocycles. The van der Waals surface area contributed by atoms with Crippen molar-refractivity contribution in [3.63, 3.8) is 0 Å². The van der Waals surface area contributed by atoms with Crippen LogP contribution in [0.15, 0.2) is 66.9 Å². The second-order valence-corrected chi connectivity index (χ2v) is 8.23. The van der Waals surface area contributed by atoms with Crippen LogP contribution in [0.25, 0.3) is 11.1 Å². The maximum atomic E-state index is 14.5. The Morgan fingerprint density at radius 3 is 2.71 bits per heavy atom. The third kappa shape index (κ3) is 3.18. The molecule has 5 nitrogen and oxygen atoms in total. The molecule has 0 aliphatic carbocycles.